The molecule has 2 aromatic carbocycles. The van der Waals surface area contributed by atoms with Crippen LogP contribution < -0.4 is 0 Å². The van der Waals surface area contributed by atoms with Crippen molar-refractivity contribution >= 4 is 5.78 Å². The number of carbonyl (C=O) groups excluding carboxylic acids is 1. The molecule has 0 radical (unpaired) electrons. The zero-order valence-corrected chi connectivity index (χ0v) is 12.0. The first kappa shape index (κ1) is 13.5. The molecule has 0 aliphatic carbocycles. The van der Waals surface area contributed by atoms with Crippen LogP contribution in [0, 0.1) is 13.8 Å². The van der Waals surface area contributed by atoms with Crippen molar-refractivity contribution in [1.82, 2.24) is 0 Å². The summed E-state index contributed by atoms with van der Waals surface area (Å²) in [5, 5.41) is 0. The lowest BCUT2D eigenvalue weighted by Crippen LogP contribution is -2.06. The van der Waals surface area contributed by atoms with Gasteiger partial charge in [-0.2, -0.15) is 0 Å². The fourth-order valence-corrected chi connectivity index (χ4v) is 2.39. The number of ketones is 1. The average molecular weight is 252 g/mol. The number of hydrogen-bond acceptors (Lipinski definition) is 1. The summed E-state index contributed by atoms with van der Waals surface area (Å²) in [5.74, 6) is 0.547. The highest BCUT2D eigenvalue weighted by Gasteiger charge is 2.14. The van der Waals surface area contributed by atoms with Gasteiger partial charge >= 0.3 is 0 Å². The third kappa shape index (κ3) is 2.76. The monoisotopic (exact) mass is 252 g/mol. The summed E-state index contributed by atoms with van der Waals surface area (Å²) in [6.07, 6.45) is 0. The molecule has 1 nitrogen and oxygen atoms in total. The van der Waals surface area contributed by atoms with Gasteiger partial charge in [-0.1, -0.05) is 61.9 Å². The van der Waals surface area contributed by atoms with Gasteiger partial charge in [-0.25, -0.2) is 0 Å². The highest BCUT2D eigenvalue weighted by Crippen LogP contribution is 2.23. The van der Waals surface area contributed by atoms with Crippen LogP contribution in [-0.2, 0) is 0 Å². The molecule has 0 saturated heterocycles. The van der Waals surface area contributed by atoms with Crippen molar-refractivity contribution < 1.29 is 4.79 Å². The third-order valence-corrected chi connectivity index (χ3v) is 3.56. The molecule has 98 valence electrons. The summed E-state index contributed by atoms with van der Waals surface area (Å²) in [4.78, 5) is 12.6. The van der Waals surface area contributed by atoms with Gasteiger partial charge in [0.15, 0.2) is 5.78 Å². The van der Waals surface area contributed by atoms with E-state index in [-0.39, 0.29) is 5.78 Å². The van der Waals surface area contributed by atoms with Crippen molar-refractivity contribution in [2.45, 2.75) is 33.6 Å². The van der Waals surface area contributed by atoms with E-state index in [0.717, 1.165) is 16.7 Å². The Morgan fingerprint density at radius 2 is 1.58 bits per heavy atom. The Labute approximate surface area is 115 Å². The number of rotatable bonds is 3. The Balaban J connectivity index is 2.44. The van der Waals surface area contributed by atoms with E-state index in [2.05, 4.69) is 19.9 Å². The first-order valence-corrected chi connectivity index (χ1v) is 6.71. The molecule has 2 rings (SSSR count). The zero-order chi connectivity index (χ0) is 14.0. The molecule has 0 aliphatic heterocycles. The summed E-state index contributed by atoms with van der Waals surface area (Å²) in [5.41, 5.74) is 5.09. The highest BCUT2D eigenvalue weighted by molar-refractivity contribution is 6.10. The van der Waals surface area contributed by atoms with Gasteiger partial charge in [-0.15, -0.1) is 0 Å². The maximum Gasteiger partial charge on any atom is 0.193 e. The number of hydrogen-bond donors (Lipinski definition) is 0. The molecule has 0 bridgehead atoms. The van der Waals surface area contributed by atoms with Gasteiger partial charge in [0.1, 0.15) is 0 Å². The molecule has 1 heteroatoms. The smallest absolute Gasteiger partial charge is 0.193 e. The zero-order valence-electron chi connectivity index (χ0n) is 12.0. The van der Waals surface area contributed by atoms with Crippen LogP contribution in [0.5, 0.6) is 0 Å². The predicted molar refractivity (Wildman–Crippen MR) is 79.9 cm³/mol. The lowest BCUT2D eigenvalue weighted by atomic mass is 9.91. The molecular formula is C18H20O. The first-order valence-electron chi connectivity index (χ1n) is 6.71. The maximum absolute atomic E-state index is 12.6. The molecule has 0 atom stereocenters. The fraction of sp³-hybridized carbons (Fsp3) is 0.278. The molecule has 0 N–H and O–H groups in total. The topological polar surface area (TPSA) is 17.1 Å². The van der Waals surface area contributed by atoms with Crippen LogP contribution in [0.4, 0.5) is 0 Å². The van der Waals surface area contributed by atoms with Crippen molar-refractivity contribution in [2.24, 2.45) is 0 Å². The first-order chi connectivity index (χ1) is 9.00. The highest BCUT2D eigenvalue weighted by atomic mass is 16.1. The van der Waals surface area contributed by atoms with Crippen LogP contribution >= 0.6 is 0 Å². The predicted octanol–water partition coefficient (Wildman–Crippen LogP) is 4.66. The average Bonchev–Trinajstić information content (AvgIpc) is 2.38. The van der Waals surface area contributed by atoms with E-state index in [1.807, 2.05) is 50.2 Å². The van der Waals surface area contributed by atoms with E-state index in [0.29, 0.717) is 5.92 Å². The minimum Gasteiger partial charge on any atom is -0.289 e. The van der Waals surface area contributed by atoms with Crippen molar-refractivity contribution in [2.75, 3.05) is 0 Å². The number of benzene rings is 2. The van der Waals surface area contributed by atoms with Crippen molar-refractivity contribution in [3.05, 3.63) is 70.3 Å². The summed E-state index contributed by atoms with van der Waals surface area (Å²) in [6, 6.07) is 13.8. The third-order valence-electron chi connectivity index (χ3n) is 3.56. The standard InChI is InChI=1S/C18H20O/c1-12(2)16-6-5-7-17(14(16)4)18(19)15-10-8-13(3)9-11-15/h5-12H,1-4H3. The van der Waals surface area contributed by atoms with Crippen molar-refractivity contribution in [3.63, 3.8) is 0 Å². The van der Waals surface area contributed by atoms with Crippen LogP contribution in [0.15, 0.2) is 42.5 Å². The quantitative estimate of drug-likeness (QED) is 0.726. The maximum atomic E-state index is 12.6. The molecule has 0 aromatic heterocycles. The van der Waals surface area contributed by atoms with Gasteiger partial charge in [0.25, 0.3) is 0 Å². The van der Waals surface area contributed by atoms with Gasteiger partial charge < -0.3 is 0 Å². The molecule has 0 saturated carbocycles. The molecule has 0 amide bonds. The van der Waals surface area contributed by atoms with E-state index in [1.165, 1.54) is 11.1 Å². The largest absolute Gasteiger partial charge is 0.289 e. The van der Waals surface area contributed by atoms with E-state index < -0.39 is 0 Å². The summed E-state index contributed by atoms with van der Waals surface area (Å²) < 4.78 is 0. The van der Waals surface area contributed by atoms with Crippen molar-refractivity contribution in [1.29, 1.82) is 0 Å². The summed E-state index contributed by atoms with van der Waals surface area (Å²) >= 11 is 0. The van der Waals surface area contributed by atoms with Crippen LogP contribution in [0.25, 0.3) is 0 Å². The number of aryl methyl sites for hydroxylation is 1. The molecule has 0 heterocycles. The van der Waals surface area contributed by atoms with Gasteiger partial charge in [-0.3, -0.25) is 4.79 Å². The normalized spacial score (nSPS) is 10.8. The van der Waals surface area contributed by atoms with Gasteiger partial charge in [0.05, 0.1) is 0 Å². The second kappa shape index (κ2) is 5.40. The lowest BCUT2D eigenvalue weighted by molar-refractivity contribution is 0.103. The molecule has 19 heavy (non-hydrogen) atoms. The molecule has 0 fully saturated rings. The minimum atomic E-state index is 0.111. The molecule has 0 spiro atoms. The lowest BCUT2D eigenvalue weighted by Gasteiger charge is -2.13. The Morgan fingerprint density at radius 1 is 0.947 bits per heavy atom. The van der Waals surface area contributed by atoms with E-state index in [9.17, 15) is 4.79 Å². The van der Waals surface area contributed by atoms with Gasteiger partial charge in [-0.05, 0) is 30.9 Å². The Morgan fingerprint density at radius 3 is 2.16 bits per heavy atom. The van der Waals surface area contributed by atoms with E-state index in [1.54, 1.807) is 0 Å². The van der Waals surface area contributed by atoms with Crippen LogP contribution in [0.1, 0.15) is 52.4 Å². The summed E-state index contributed by atoms with van der Waals surface area (Å²) in [7, 11) is 0. The Hall–Kier alpha value is -1.89. The van der Waals surface area contributed by atoms with E-state index >= 15 is 0 Å². The van der Waals surface area contributed by atoms with Crippen LogP contribution in [0.2, 0.25) is 0 Å². The van der Waals surface area contributed by atoms with Gasteiger partial charge in [0, 0.05) is 11.1 Å². The Kier molecular flexibility index (Phi) is 3.84. The molecule has 0 unspecified atom stereocenters. The molecule has 0 aliphatic rings. The molecular weight excluding hydrogens is 232 g/mol. The fourth-order valence-electron chi connectivity index (χ4n) is 2.39. The number of carbonyl (C=O) groups is 1. The second-order valence-corrected chi connectivity index (χ2v) is 5.37. The summed E-state index contributed by atoms with van der Waals surface area (Å²) in [6.45, 7) is 8.38. The second-order valence-electron chi connectivity index (χ2n) is 5.37. The minimum absolute atomic E-state index is 0.111. The van der Waals surface area contributed by atoms with Gasteiger partial charge in [0.2, 0.25) is 0 Å². The Bertz CT molecular complexity index is 592. The van der Waals surface area contributed by atoms with Crippen molar-refractivity contribution in [3.8, 4) is 0 Å². The SMILES string of the molecule is Cc1ccc(C(=O)c2cccc(C(C)C)c2C)cc1. The van der Waals surface area contributed by atoms with Crippen LogP contribution in [-0.4, -0.2) is 5.78 Å². The van der Waals surface area contributed by atoms with E-state index in [4.69, 9.17) is 0 Å². The molecule has 2 aromatic rings. The van der Waals surface area contributed by atoms with Crippen LogP contribution in [0.3, 0.4) is 0 Å².